The number of fused-ring (bicyclic) bond motifs is 1. The number of nitrogens with one attached hydrogen (secondary N) is 1. The Morgan fingerprint density at radius 1 is 1.18 bits per heavy atom. The van der Waals surface area contributed by atoms with Gasteiger partial charge in [-0.1, -0.05) is 0 Å². The van der Waals surface area contributed by atoms with E-state index in [0.29, 0.717) is 66.2 Å². The van der Waals surface area contributed by atoms with Gasteiger partial charge in [0.25, 0.3) is 0 Å². The summed E-state index contributed by atoms with van der Waals surface area (Å²) in [7, 11) is 0. The van der Waals surface area contributed by atoms with E-state index in [1.807, 2.05) is 0 Å². The number of nitrogens with zero attached hydrogens (tertiary/aromatic N) is 2. The van der Waals surface area contributed by atoms with E-state index in [1.165, 1.54) is 12.4 Å². The van der Waals surface area contributed by atoms with Gasteiger partial charge in [-0.15, -0.1) is 11.3 Å². The number of aromatic carboxylic acids is 1. The molecule has 0 saturated carbocycles. The van der Waals surface area contributed by atoms with Crippen molar-refractivity contribution in [2.75, 3.05) is 31.7 Å². The molecule has 0 unspecified atom stereocenters. The summed E-state index contributed by atoms with van der Waals surface area (Å²) in [6.07, 6.45) is 1.70. The van der Waals surface area contributed by atoms with Crippen molar-refractivity contribution < 1.29 is 37.6 Å². The lowest BCUT2D eigenvalue weighted by atomic mass is 10.1. The Morgan fingerprint density at radius 3 is 2.65 bits per heavy atom. The van der Waals surface area contributed by atoms with Crippen molar-refractivity contribution in [3.63, 3.8) is 0 Å². The number of hydrogen-bond acceptors (Lipinski definition) is 9. The van der Waals surface area contributed by atoms with Crippen LogP contribution in [-0.4, -0.2) is 54.0 Å². The summed E-state index contributed by atoms with van der Waals surface area (Å²) in [5.41, 5.74) is 1.05. The molecule has 0 spiro atoms. The fourth-order valence-electron chi connectivity index (χ4n) is 3.34. The smallest absolute Gasteiger partial charge is 0.387 e. The molecule has 0 amide bonds. The van der Waals surface area contributed by atoms with Crippen LogP contribution in [0.15, 0.2) is 30.6 Å². The first-order chi connectivity index (χ1) is 16.4. The zero-order valence-corrected chi connectivity index (χ0v) is 18.9. The number of thiophene rings is 1. The number of carboxylic acid groups (broad SMARTS) is 1. The largest absolute Gasteiger partial charge is 0.492 e. The number of rotatable bonds is 10. The van der Waals surface area contributed by atoms with Crippen molar-refractivity contribution in [1.29, 1.82) is 0 Å². The van der Waals surface area contributed by atoms with Crippen LogP contribution in [0.1, 0.15) is 22.2 Å². The average Bonchev–Trinajstić information content (AvgIpc) is 3.24. The molecule has 0 aliphatic carbocycles. The van der Waals surface area contributed by atoms with Gasteiger partial charge in [0.05, 0.1) is 17.2 Å². The summed E-state index contributed by atoms with van der Waals surface area (Å²) in [5, 5.41) is 12.5. The van der Waals surface area contributed by atoms with Crippen molar-refractivity contribution in [1.82, 2.24) is 9.97 Å². The van der Waals surface area contributed by atoms with Crippen LogP contribution in [0, 0.1) is 0 Å². The van der Waals surface area contributed by atoms with Crippen LogP contribution in [-0.2, 0) is 6.42 Å². The van der Waals surface area contributed by atoms with Crippen LogP contribution in [0.2, 0.25) is 0 Å². The lowest BCUT2D eigenvalue weighted by Crippen LogP contribution is -2.17. The molecule has 1 aliphatic rings. The first-order valence-electron chi connectivity index (χ1n) is 10.4. The maximum Gasteiger partial charge on any atom is 0.387 e. The molecule has 3 heterocycles. The monoisotopic (exact) mass is 493 g/mol. The fraction of sp³-hybridized carbons (Fsp3) is 0.318. The number of halogens is 2. The molecule has 3 aromatic rings. The zero-order chi connectivity index (χ0) is 24.1. The highest BCUT2D eigenvalue weighted by Crippen LogP contribution is 2.38. The Balaban J connectivity index is 1.48. The molecular formula is C22H21F2N3O6S. The van der Waals surface area contributed by atoms with Gasteiger partial charge in [0.2, 0.25) is 0 Å². The van der Waals surface area contributed by atoms with Crippen molar-refractivity contribution in [3.05, 3.63) is 41.0 Å². The Morgan fingerprint density at radius 2 is 1.94 bits per heavy atom. The molecular weight excluding hydrogens is 472 g/mol. The van der Waals surface area contributed by atoms with Gasteiger partial charge in [-0.3, -0.25) is 0 Å². The molecule has 34 heavy (non-hydrogen) atoms. The van der Waals surface area contributed by atoms with Gasteiger partial charge in [0, 0.05) is 30.3 Å². The van der Waals surface area contributed by atoms with E-state index in [1.54, 1.807) is 25.1 Å². The molecule has 0 saturated heterocycles. The van der Waals surface area contributed by atoms with Crippen LogP contribution >= 0.6 is 11.3 Å². The summed E-state index contributed by atoms with van der Waals surface area (Å²) in [5.74, 6) is 0.558. The number of aromatic nitrogens is 2. The van der Waals surface area contributed by atoms with E-state index in [2.05, 4.69) is 20.0 Å². The van der Waals surface area contributed by atoms with Crippen molar-refractivity contribution in [2.24, 2.45) is 0 Å². The minimum Gasteiger partial charge on any atom is -0.492 e. The summed E-state index contributed by atoms with van der Waals surface area (Å²) >= 11 is 1.05. The Labute approximate surface area is 197 Å². The van der Waals surface area contributed by atoms with Gasteiger partial charge in [0.1, 0.15) is 36.9 Å². The molecule has 4 rings (SSSR count). The third-order valence-electron chi connectivity index (χ3n) is 4.75. The zero-order valence-electron chi connectivity index (χ0n) is 18.0. The van der Waals surface area contributed by atoms with Crippen molar-refractivity contribution in [2.45, 2.75) is 20.0 Å². The maximum absolute atomic E-state index is 12.9. The Bertz CT molecular complexity index is 1170. The fourth-order valence-corrected chi connectivity index (χ4v) is 4.25. The number of alkyl halides is 2. The predicted octanol–water partition coefficient (Wildman–Crippen LogP) is 4.33. The number of carbonyl (C=O) groups is 1. The Kier molecular flexibility index (Phi) is 7.26. The van der Waals surface area contributed by atoms with Gasteiger partial charge in [-0.25, -0.2) is 14.8 Å². The number of ether oxygens (including phenoxy) is 4. The average molecular weight is 493 g/mol. The molecule has 0 fully saturated rings. The van der Waals surface area contributed by atoms with E-state index < -0.39 is 12.6 Å². The lowest BCUT2D eigenvalue weighted by Gasteiger charge is -2.21. The van der Waals surface area contributed by atoms with E-state index in [4.69, 9.17) is 14.2 Å². The SMILES string of the molecule is CCOc1cc(-c2cc(NCCc3cc4c(cc3OC(F)F)OCCO4)ncn2)sc1C(=O)O. The molecule has 9 nitrogen and oxygen atoms in total. The third kappa shape index (κ3) is 5.45. The minimum atomic E-state index is -2.97. The van der Waals surface area contributed by atoms with Gasteiger partial charge in [-0.2, -0.15) is 8.78 Å². The van der Waals surface area contributed by atoms with Crippen molar-refractivity contribution >= 4 is 23.1 Å². The van der Waals surface area contributed by atoms with Crippen LogP contribution in [0.3, 0.4) is 0 Å². The molecule has 0 atom stereocenters. The highest BCUT2D eigenvalue weighted by atomic mass is 32.1. The van der Waals surface area contributed by atoms with Gasteiger partial charge < -0.3 is 29.4 Å². The molecule has 2 aromatic heterocycles. The normalized spacial score (nSPS) is 12.5. The maximum atomic E-state index is 12.9. The second kappa shape index (κ2) is 10.5. The van der Waals surface area contributed by atoms with E-state index in [9.17, 15) is 18.7 Å². The van der Waals surface area contributed by atoms with E-state index in [-0.39, 0.29) is 16.4 Å². The lowest BCUT2D eigenvalue weighted by molar-refractivity contribution is -0.0506. The predicted molar refractivity (Wildman–Crippen MR) is 120 cm³/mol. The van der Waals surface area contributed by atoms with E-state index >= 15 is 0 Å². The van der Waals surface area contributed by atoms with E-state index in [0.717, 1.165) is 11.3 Å². The van der Waals surface area contributed by atoms with Gasteiger partial charge >= 0.3 is 12.6 Å². The Hall–Kier alpha value is -3.67. The topological polar surface area (TPSA) is 112 Å². The molecule has 12 heteroatoms. The van der Waals surface area contributed by atoms with Crippen LogP contribution in [0.25, 0.3) is 10.6 Å². The van der Waals surface area contributed by atoms with Crippen LogP contribution < -0.4 is 24.3 Å². The second-order valence-corrected chi connectivity index (χ2v) is 8.04. The molecule has 0 bridgehead atoms. The first kappa shape index (κ1) is 23.5. The summed E-state index contributed by atoms with van der Waals surface area (Å²) in [6.45, 7) is 0.203. The number of benzene rings is 1. The highest BCUT2D eigenvalue weighted by Gasteiger charge is 2.20. The number of carboxylic acids is 1. The third-order valence-corrected chi connectivity index (χ3v) is 5.88. The highest BCUT2D eigenvalue weighted by molar-refractivity contribution is 7.17. The van der Waals surface area contributed by atoms with Crippen molar-refractivity contribution in [3.8, 4) is 33.6 Å². The number of anilines is 1. The standard InChI is InChI=1S/C22H21F2N3O6S/c1-2-30-17-10-18(34-20(17)21(28)29)13-8-19(27-11-26-13)25-4-3-12-7-15-16(32-6-5-31-15)9-14(12)33-22(23)24/h7-11,22H,2-6H2,1H3,(H,28,29)(H,25,26,27). The number of hydrogen-bond donors (Lipinski definition) is 2. The minimum absolute atomic E-state index is 0.0210. The van der Waals surface area contributed by atoms with Gasteiger partial charge in [0.15, 0.2) is 16.4 Å². The molecule has 2 N–H and O–H groups in total. The van der Waals surface area contributed by atoms with Gasteiger partial charge in [-0.05, 0) is 19.4 Å². The summed E-state index contributed by atoms with van der Waals surface area (Å²) < 4.78 is 46.8. The quantitative estimate of drug-likeness (QED) is 0.426. The molecule has 1 aliphatic heterocycles. The molecule has 0 radical (unpaired) electrons. The molecule has 180 valence electrons. The first-order valence-corrected chi connectivity index (χ1v) is 11.2. The second-order valence-electron chi connectivity index (χ2n) is 6.99. The van der Waals surface area contributed by atoms with Crippen LogP contribution in [0.4, 0.5) is 14.6 Å². The molecule has 1 aromatic carbocycles. The summed E-state index contributed by atoms with van der Waals surface area (Å²) in [6, 6.07) is 6.35. The van der Waals surface area contributed by atoms with Crippen LogP contribution in [0.5, 0.6) is 23.0 Å². The summed E-state index contributed by atoms with van der Waals surface area (Å²) in [4.78, 5) is 20.6.